The van der Waals surface area contributed by atoms with Crippen LogP contribution in [0.1, 0.15) is 26.3 Å². The van der Waals surface area contributed by atoms with E-state index >= 15 is 0 Å². The highest BCUT2D eigenvalue weighted by Gasteiger charge is 2.28. The van der Waals surface area contributed by atoms with Crippen LogP contribution in [0, 0.1) is 5.92 Å². The summed E-state index contributed by atoms with van der Waals surface area (Å²) in [5, 5.41) is 6.32. The van der Waals surface area contributed by atoms with Gasteiger partial charge in [-0.3, -0.25) is 4.99 Å². The number of rotatable bonds is 6. The van der Waals surface area contributed by atoms with Crippen molar-refractivity contribution in [2.45, 2.75) is 39.5 Å². The summed E-state index contributed by atoms with van der Waals surface area (Å²) in [6.07, 6.45) is -4.36. The zero-order chi connectivity index (χ0) is 17.5. The van der Waals surface area contributed by atoms with Crippen molar-refractivity contribution in [3.05, 3.63) is 29.8 Å². The van der Waals surface area contributed by atoms with E-state index in [4.69, 9.17) is 4.74 Å². The third-order valence-corrected chi connectivity index (χ3v) is 3.40. The number of halogens is 3. The van der Waals surface area contributed by atoms with Gasteiger partial charge < -0.3 is 15.4 Å². The summed E-state index contributed by atoms with van der Waals surface area (Å²) in [6, 6.07) is 6.86. The number of aliphatic imine (C=N–C) groups is 1. The molecule has 0 fully saturated rings. The van der Waals surface area contributed by atoms with Crippen LogP contribution in [0.15, 0.2) is 29.3 Å². The highest BCUT2D eigenvalue weighted by molar-refractivity contribution is 5.80. The molecule has 0 radical (unpaired) electrons. The lowest BCUT2D eigenvalue weighted by Gasteiger charge is -2.21. The molecule has 4 nitrogen and oxygen atoms in total. The lowest BCUT2D eigenvalue weighted by Crippen LogP contribution is -2.43. The van der Waals surface area contributed by atoms with Gasteiger partial charge in [0.25, 0.3) is 0 Å². The number of ether oxygens (including phenoxy) is 1. The maximum Gasteiger partial charge on any atom is 0.422 e. The van der Waals surface area contributed by atoms with Crippen molar-refractivity contribution in [2.24, 2.45) is 10.9 Å². The Hall–Kier alpha value is -1.92. The van der Waals surface area contributed by atoms with E-state index in [1.807, 2.05) is 6.92 Å². The third-order valence-electron chi connectivity index (χ3n) is 3.40. The predicted molar refractivity (Wildman–Crippen MR) is 85.6 cm³/mol. The fourth-order valence-corrected chi connectivity index (χ4v) is 1.71. The lowest BCUT2D eigenvalue weighted by atomic mass is 10.1. The average Bonchev–Trinajstić information content (AvgIpc) is 2.49. The molecule has 1 rings (SSSR count). The molecule has 130 valence electrons. The van der Waals surface area contributed by atoms with Gasteiger partial charge in [0.05, 0.1) is 0 Å². The first kappa shape index (κ1) is 19.1. The summed E-state index contributed by atoms with van der Waals surface area (Å²) in [5.74, 6) is 1.23. The van der Waals surface area contributed by atoms with Gasteiger partial charge in [0.15, 0.2) is 12.6 Å². The largest absolute Gasteiger partial charge is 0.484 e. The Labute approximate surface area is 135 Å². The highest BCUT2D eigenvalue weighted by atomic mass is 19.4. The molecular weight excluding hydrogens is 307 g/mol. The maximum atomic E-state index is 12.3. The minimum atomic E-state index is -4.36. The van der Waals surface area contributed by atoms with Crippen LogP contribution >= 0.6 is 0 Å². The van der Waals surface area contributed by atoms with Crippen molar-refractivity contribution in [3.8, 4) is 5.75 Å². The van der Waals surface area contributed by atoms with Crippen LogP contribution in [0.2, 0.25) is 0 Å². The van der Waals surface area contributed by atoms with Crippen molar-refractivity contribution in [3.63, 3.8) is 0 Å². The molecule has 0 saturated carbocycles. The molecular formula is C16H24F3N3O. The second kappa shape index (κ2) is 8.64. The van der Waals surface area contributed by atoms with E-state index in [0.717, 1.165) is 0 Å². The zero-order valence-electron chi connectivity index (χ0n) is 13.9. The number of guanidine groups is 1. The summed E-state index contributed by atoms with van der Waals surface area (Å²) in [6.45, 7) is 5.23. The zero-order valence-corrected chi connectivity index (χ0v) is 13.9. The van der Waals surface area contributed by atoms with Crippen LogP contribution in [0.5, 0.6) is 5.75 Å². The number of hydrogen-bond acceptors (Lipinski definition) is 2. The van der Waals surface area contributed by atoms with E-state index in [1.54, 1.807) is 25.2 Å². The van der Waals surface area contributed by atoms with Gasteiger partial charge >= 0.3 is 6.18 Å². The fraction of sp³-hybridized carbons (Fsp3) is 0.562. The monoisotopic (exact) mass is 331 g/mol. The van der Waals surface area contributed by atoms with E-state index in [1.165, 1.54) is 6.07 Å². The van der Waals surface area contributed by atoms with E-state index in [-0.39, 0.29) is 11.8 Å². The minimum Gasteiger partial charge on any atom is -0.484 e. The first-order chi connectivity index (χ1) is 10.7. The van der Waals surface area contributed by atoms with Crippen LogP contribution in [0.3, 0.4) is 0 Å². The summed E-state index contributed by atoms with van der Waals surface area (Å²) in [5.41, 5.74) is 0.636. The molecule has 1 atom stereocenters. The molecule has 2 N–H and O–H groups in total. The van der Waals surface area contributed by atoms with Gasteiger partial charge in [-0.1, -0.05) is 32.0 Å². The summed E-state index contributed by atoms with van der Waals surface area (Å²) in [7, 11) is 1.65. The number of nitrogens with zero attached hydrogens (tertiary/aromatic N) is 1. The molecule has 0 spiro atoms. The van der Waals surface area contributed by atoms with Gasteiger partial charge in [-0.15, -0.1) is 0 Å². The standard InChI is InChI=1S/C16H24F3N3O/c1-11(2)12(3)22-15(20-4)21-9-13-7-5-6-8-14(13)23-10-16(17,18)19/h5-8,11-12H,9-10H2,1-4H3,(H2,20,21,22). The van der Waals surface area contributed by atoms with E-state index in [9.17, 15) is 13.2 Å². The van der Waals surface area contributed by atoms with Crippen molar-refractivity contribution >= 4 is 5.96 Å². The molecule has 0 saturated heterocycles. The molecule has 0 aromatic heterocycles. The Morgan fingerprint density at radius 3 is 2.43 bits per heavy atom. The Balaban J connectivity index is 2.66. The molecule has 1 aromatic carbocycles. The second-order valence-corrected chi connectivity index (χ2v) is 5.61. The Morgan fingerprint density at radius 1 is 1.22 bits per heavy atom. The van der Waals surface area contributed by atoms with E-state index < -0.39 is 12.8 Å². The number of para-hydroxylation sites is 1. The average molecular weight is 331 g/mol. The number of benzene rings is 1. The smallest absolute Gasteiger partial charge is 0.422 e. The van der Waals surface area contributed by atoms with Crippen LogP contribution < -0.4 is 15.4 Å². The first-order valence-electron chi connectivity index (χ1n) is 7.47. The van der Waals surface area contributed by atoms with Crippen LogP contribution in [-0.4, -0.2) is 31.8 Å². The van der Waals surface area contributed by atoms with Crippen molar-refractivity contribution < 1.29 is 17.9 Å². The van der Waals surface area contributed by atoms with Gasteiger partial charge in [-0.25, -0.2) is 0 Å². The molecule has 0 aliphatic carbocycles. The molecule has 1 unspecified atom stereocenters. The van der Waals surface area contributed by atoms with Gasteiger partial charge in [0.1, 0.15) is 5.75 Å². The molecule has 7 heteroatoms. The Bertz CT molecular complexity index is 516. The van der Waals surface area contributed by atoms with Crippen LogP contribution in [0.4, 0.5) is 13.2 Å². The van der Waals surface area contributed by atoms with Crippen molar-refractivity contribution in [1.29, 1.82) is 0 Å². The predicted octanol–water partition coefficient (Wildman–Crippen LogP) is 3.34. The molecule has 23 heavy (non-hydrogen) atoms. The lowest BCUT2D eigenvalue weighted by molar-refractivity contribution is -0.153. The second-order valence-electron chi connectivity index (χ2n) is 5.61. The molecule has 0 aliphatic heterocycles. The quantitative estimate of drug-likeness (QED) is 0.621. The van der Waals surface area contributed by atoms with Crippen molar-refractivity contribution in [2.75, 3.05) is 13.7 Å². The van der Waals surface area contributed by atoms with Crippen LogP contribution in [0.25, 0.3) is 0 Å². The molecule has 1 aromatic rings. The number of nitrogens with one attached hydrogen (secondary N) is 2. The van der Waals surface area contributed by atoms with Crippen molar-refractivity contribution in [1.82, 2.24) is 10.6 Å². The third kappa shape index (κ3) is 7.25. The van der Waals surface area contributed by atoms with Crippen LogP contribution in [-0.2, 0) is 6.54 Å². The summed E-state index contributed by atoms with van der Waals surface area (Å²) in [4.78, 5) is 4.11. The van der Waals surface area contributed by atoms with Gasteiger partial charge in [0.2, 0.25) is 0 Å². The normalized spacial score (nSPS) is 13.8. The maximum absolute atomic E-state index is 12.3. The molecule has 0 aliphatic rings. The number of hydrogen-bond donors (Lipinski definition) is 2. The number of alkyl halides is 3. The summed E-state index contributed by atoms with van der Waals surface area (Å²) < 4.78 is 41.7. The topological polar surface area (TPSA) is 45.7 Å². The van der Waals surface area contributed by atoms with E-state index in [2.05, 4.69) is 29.5 Å². The SMILES string of the molecule is CN=C(NCc1ccccc1OCC(F)(F)F)NC(C)C(C)C. The molecule has 0 bridgehead atoms. The highest BCUT2D eigenvalue weighted by Crippen LogP contribution is 2.22. The summed E-state index contributed by atoms with van der Waals surface area (Å²) >= 11 is 0. The Kier molecular flexibility index (Phi) is 7.19. The van der Waals surface area contributed by atoms with E-state index in [0.29, 0.717) is 24.0 Å². The molecule has 0 heterocycles. The minimum absolute atomic E-state index is 0.213. The van der Waals surface area contributed by atoms with Gasteiger partial charge in [-0.05, 0) is 18.9 Å². The molecule has 0 amide bonds. The van der Waals surface area contributed by atoms with Gasteiger partial charge in [0, 0.05) is 25.2 Å². The Morgan fingerprint density at radius 2 is 1.87 bits per heavy atom. The fourth-order valence-electron chi connectivity index (χ4n) is 1.71. The van der Waals surface area contributed by atoms with Gasteiger partial charge in [-0.2, -0.15) is 13.2 Å². The first-order valence-corrected chi connectivity index (χ1v) is 7.47.